The normalized spacial score (nSPS) is 13.5. The first-order valence-corrected chi connectivity index (χ1v) is 6.89. The van der Waals surface area contributed by atoms with Gasteiger partial charge in [-0.1, -0.05) is 36.7 Å². The molecule has 1 amide bonds. The number of halogens is 1. The van der Waals surface area contributed by atoms with Crippen LogP contribution in [0.25, 0.3) is 0 Å². The van der Waals surface area contributed by atoms with Crippen molar-refractivity contribution in [1.82, 2.24) is 5.32 Å². The van der Waals surface area contributed by atoms with E-state index >= 15 is 0 Å². The molecule has 1 rings (SSSR count). The summed E-state index contributed by atoms with van der Waals surface area (Å²) in [5.41, 5.74) is 0.662. The van der Waals surface area contributed by atoms with Gasteiger partial charge in [0.15, 0.2) is 0 Å². The van der Waals surface area contributed by atoms with Gasteiger partial charge in [-0.2, -0.15) is 0 Å². The number of alkyl halides is 1. The van der Waals surface area contributed by atoms with Crippen molar-refractivity contribution >= 4 is 21.8 Å². The maximum atomic E-state index is 12.1. The minimum Gasteiger partial charge on any atom is -0.469 e. The Morgan fingerprint density at radius 1 is 1.53 bits per heavy atom. The van der Waals surface area contributed by atoms with Crippen LogP contribution in [-0.4, -0.2) is 17.3 Å². The van der Waals surface area contributed by atoms with Crippen LogP contribution in [0.4, 0.5) is 0 Å². The maximum Gasteiger partial charge on any atom is 0.255 e. The van der Waals surface area contributed by atoms with Crippen LogP contribution in [0.3, 0.4) is 0 Å². The smallest absolute Gasteiger partial charge is 0.255 e. The molecule has 96 valence electrons. The Morgan fingerprint density at radius 3 is 2.59 bits per heavy atom. The average molecular weight is 302 g/mol. The highest BCUT2D eigenvalue weighted by molar-refractivity contribution is 9.09. The summed E-state index contributed by atoms with van der Waals surface area (Å²) in [7, 11) is 0. The van der Waals surface area contributed by atoms with Crippen molar-refractivity contribution in [3.8, 4) is 0 Å². The fraction of sp³-hybridized carbons (Fsp3) is 0.615. The zero-order chi connectivity index (χ0) is 13.1. The predicted octanol–water partition coefficient (Wildman–Crippen LogP) is 3.52. The molecule has 0 spiro atoms. The number of aryl methyl sites for hydroxylation is 1. The summed E-state index contributed by atoms with van der Waals surface area (Å²) >= 11 is 3.43. The van der Waals surface area contributed by atoms with Crippen LogP contribution in [0.5, 0.6) is 0 Å². The number of rotatable bonds is 4. The van der Waals surface area contributed by atoms with Crippen LogP contribution >= 0.6 is 15.9 Å². The largest absolute Gasteiger partial charge is 0.469 e. The molecule has 1 aromatic rings. The van der Waals surface area contributed by atoms with Gasteiger partial charge in [-0.05, 0) is 24.8 Å². The van der Waals surface area contributed by atoms with Gasteiger partial charge in [0.1, 0.15) is 5.76 Å². The predicted molar refractivity (Wildman–Crippen MR) is 72.6 cm³/mol. The molecule has 0 saturated heterocycles. The van der Waals surface area contributed by atoms with E-state index in [1.54, 1.807) is 19.3 Å². The van der Waals surface area contributed by atoms with Gasteiger partial charge < -0.3 is 9.73 Å². The molecule has 1 heterocycles. The van der Waals surface area contributed by atoms with Gasteiger partial charge in [0.25, 0.3) is 5.91 Å². The van der Waals surface area contributed by atoms with Crippen molar-refractivity contribution in [1.29, 1.82) is 0 Å². The Hall–Kier alpha value is -0.770. The van der Waals surface area contributed by atoms with Crippen LogP contribution in [0.1, 0.15) is 43.3 Å². The minimum atomic E-state index is -0.0582. The first-order chi connectivity index (χ1) is 7.86. The van der Waals surface area contributed by atoms with Crippen LogP contribution in [0.15, 0.2) is 16.7 Å². The third-order valence-corrected chi connectivity index (χ3v) is 3.31. The molecule has 4 heteroatoms. The number of hydrogen-bond acceptors (Lipinski definition) is 2. The van der Waals surface area contributed by atoms with E-state index in [1.807, 2.05) is 0 Å². The van der Waals surface area contributed by atoms with Crippen LogP contribution in [-0.2, 0) is 0 Å². The molecule has 0 aromatic carbocycles. The van der Waals surface area contributed by atoms with Crippen molar-refractivity contribution in [2.45, 2.75) is 40.2 Å². The fourth-order valence-corrected chi connectivity index (χ4v) is 2.15. The lowest BCUT2D eigenvalue weighted by molar-refractivity contribution is 0.0899. The molecule has 0 bridgehead atoms. The van der Waals surface area contributed by atoms with Gasteiger partial charge in [0.2, 0.25) is 0 Å². The molecule has 0 aliphatic rings. The van der Waals surface area contributed by atoms with Gasteiger partial charge in [-0.15, -0.1) is 0 Å². The van der Waals surface area contributed by atoms with Crippen LogP contribution in [0.2, 0.25) is 0 Å². The lowest BCUT2D eigenvalue weighted by Gasteiger charge is -2.31. The van der Waals surface area contributed by atoms with Crippen molar-refractivity contribution in [3.63, 3.8) is 0 Å². The van der Waals surface area contributed by atoms with Crippen molar-refractivity contribution in [3.05, 3.63) is 23.7 Å². The molecule has 0 fully saturated rings. The summed E-state index contributed by atoms with van der Waals surface area (Å²) in [5, 5.41) is 3.95. The molecule has 3 nitrogen and oxygen atoms in total. The molecule has 1 atom stereocenters. The summed E-state index contributed by atoms with van der Waals surface area (Å²) < 4.78 is 5.14. The van der Waals surface area contributed by atoms with E-state index in [-0.39, 0.29) is 17.4 Å². The zero-order valence-corrected chi connectivity index (χ0v) is 12.4. The SMILES string of the molecule is Cc1occc1C(=O)NC(CCBr)C(C)(C)C. The van der Waals surface area contributed by atoms with Crippen LogP contribution < -0.4 is 5.32 Å². The van der Waals surface area contributed by atoms with E-state index in [4.69, 9.17) is 4.42 Å². The summed E-state index contributed by atoms with van der Waals surface area (Å²) in [6, 6.07) is 1.85. The summed E-state index contributed by atoms with van der Waals surface area (Å²) in [6.45, 7) is 8.18. The molecule has 1 N–H and O–H groups in total. The lowest BCUT2D eigenvalue weighted by atomic mass is 9.85. The summed E-state index contributed by atoms with van der Waals surface area (Å²) in [5.74, 6) is 0.603. The van der Waals surface area contributed by atoms with E-state index in [1.165, 1.54) is 0 Å². The first kappa shape index (κ1) is 14.3. The van der Waals surface area contributed by atoms with E-state index in [0.29, 0.717) is 11.3 Å². The third-order valence-electron chi connectivity index (χ3n) is 2.85. The molecule has 0 saturated carbocycles. The standard InChI is InChI=1S/C13H20BrNO2/c1-9-10(6-8-17-9)12(16)15-11(5-7-14)13(2,3)4/h6,8,11H,5,7H2,1-4H3,(H,15,16). The summed E-state index contributed by atoms with van der Waals surface area (Å²) in [6.07, 6.45) is 2.45. The number of hydrogen-bond donors (Lipinski definition) is 1. The highest BCUT2D eigenvalue weighted by Gasteiger charge is 2.26. The molecular formula is C13H20BrNO2. The van der Waals surface area contributed by atoms with Gasteiger partial charge >= 0.3 is 0 Å². The Balaban J connectivity index is 2.75. The van der Waals surface area contributed by atoms with Gasteiger partial charge in [0.05, 0.1) is 11.8 Å². The zero-order valence-electron chi connectivity index (χ0n) is 10.8. The second-order valence-corrected chi connectivity index (χ2v) is 6.05. The molecular weight excluding hydrogens is 282 g/mol. The molecule has 0 aliphatic carbocycles. The van der Waals surface area contributed by atoms with E-state index in [0.717, 1.165) is 11.8 Å². The highest BCUT2D eigenvalue weighted by atomic mass is 79.9. The molecule has 1 unspecified atom stereocenters. The Labute approximate surface area is 111 Å². The lowest BCUT2D eigenvalue weighted by Crippen LogP contribution is -2.44. The van der Waals surface area contributed by atoms with Crippen molar-refractivity contribution in [2.75, 3.05) is 5.33 Å². The van der Waals surface area contributed by atoms with Gasteiger partial charge in [-0.3, -0.25) is 4.79 Å². The molecule has 17 heavy (non-hydrogen) atoms. The van der Waals surface area contributed by atoms with E-state index in [2.05, 4.69) is 42.0 Å². The van der Waals surface area contributed by atoms with Crippen LogP contribution in [0, 0.1) is 12.3 Å². The van der Waals surface area contributed by atoms with E-state index < -0.39 is 0 Å². The first-order valence-electron chi connectivity index (χ1n) is 5.77. The quantitative estimate of drug-likeness (QED) is 0.865. The number of carbonyl (C=O) groups excluding carboxylic acids is 1. The monoisotopic (exact) mass is 301 g/mol. The Kier molecular flexibility index (Phi) is 4.80. The number of nitrogens with one attached hydrogen (secondary N) is 1. The summed E-state index contributed by atoms with van der Waals surface area (Å²) in [4.78, 5) is 12.1. The molecule has 0 aliphatic heterocycles. The average Bonchev–Trinajstić information content (AvgIpc) is 2.62. The fourth-order valence-electron chi connectivity index (χ4n) is 1.69. The second kappa shape index (κ2) is 5.71. The number of furan rings is 1. The van der Waals surface area contributed by atoms with E-state index in [9.17, 15) is 4.79 Å². The number of amides is 1. The maximum absolute atomic E-state index is 12.1. The third kappa shape index (κ3) is 3.87. The second-order valence-electron chi connectivity index (χ2n) is 5.26. The van der Waals surface area contributed by atoms with Crippen molar-refractivity contribution < 1.29 is 9.21 Å². The minimum absolute atomic E-state index is 0.0427. The van der Waals surface area contributed by atoms with Gasteiger partial charge in [-0.25, -0.2) is 0 Å². The topological polar surface area (TPSA) is 42.2 Å². The highest BCUT2D eigenvalue weighted by Crippen LogP contribution is 2.23. The Morgan fingerprint density at radius 2 is 2.18 bits per heavy atom. The molecule has 0 radical (unpaired) electrons. The number of carbonyl (C=O) groups is 1. The molecule has 1 aromatic heterocycles. The Bertz CT molecular complexity index is 379. The van der Waals surface area contributed by atoms with Crippen molar-refractivity contribution in [2.24, 2.45) is 5.41 Å². The van der Waals surface area contributed by atoms with Gasteiger partial charge in [0, 0.05) is 11.4 Å².